The van der Waals surface area contributed by atoms with E-state index in [0.717, 1.165) is 4.31 Å². The molecule has 220 valence electrons. The first-order valence-corrected chi connectivity index (χ1v) is 15.5. The molecular formula is C30H35Cl2N3O5S. The largest absolute Gasteiger partial charge is 0.494 e. The van der Waals surface area contributed by atoms with Gasteiger partial charge in [0, 0.05) is 22.6 Å². The lowest BCUT2D eigenvalue weighted by atomic mass is 10.1. The molecule has 0 bridgehead atoms. The Bertz CT molecular complexity index is 1430. The minimum Gasteiger partial charge on any atom is -0.494 e. The van der Waals surface area contributed by atoms with E-state index >= 15 is 0 Å². The van der Waals surface area contributed by atoms with Crippen LogP contribution in [0.25, 0.3) is 0 Å². The van der Waals surface area contributed by atoms with E-state index in [1.54, 1.807) is 67.6 Å². The standard InChI is InChI=1S/C30H35Cl2N3O5S/c1-5-28(30(37)33-21(3)4)34(19-22-12-13-23(31)18-27(22)32)29(36)20-35(24-14-16-25(17-15-24)40-6-2)41(38,39)26-10-8-7-9-11-26/h7-18,21,28H,5-6,19-20H2,1-4H3,(H,33,37)/t28-/m1/s1. The topological polar surface area (TPSA) is 96.0 Å². The Hall–Kier alpha value is -3.27. The zero-order chi connectivity index (χ0) is 30.2. The van der Waals surface area contributed by atoms with Crippen LogP contribution in [0.5, 0.6) is 5.75 Å². The van der Waals surface area contributed by atoms with Gasteiger partial charge >= 0.3 is 0 Å². The first-order valence-electron chi connectivity index (χ1n) is 13.3. The van der Waals surface area contributed by atoms with Crippen LogP contribution in [0.2, 0.25) is 10.0 Å². The number of sulfonamides is 1. The lowest BCUT2D eigenvalue weighted by Gasteiger charge is -2.33. The average molecular weight is 621 g/mol. The molecule has 0 unspecified atom stereocenters. The molecule has 41 heavy (non-hydrogen) atoms. The highest BCUT2D eigenvalue weighted by Gasteiger charge is 2.34. The van der Waals surface area contributed by atoms with Crippen molar-refractivity contribution in [1.82, 2.24) is 10.2 Å². The van der Waals surface area contributed by atoms with Crippen molar-refractivity contribution in [2.75, 3.05) is 17.5 Å². The van der Waals surface area contributed by atoms with E-state index in [1.165, 1.54) is 17.0 Å². The molecule has 0 spiro atoms. The van der Waals surface area contributed by atoms with Crippen LogP contribution in [0.15, 0.2) is 77.7 Å². The van der Waals surface area contributed by atoms with E-state index < -0.39 is 28.5 Å². The number of hydrogen-bond acceptors (Lipinski definition) is 5. The molecule has 11 heteroatoms. The Morgan fingerprint density at radius 3 is 2.17 bits per heavy atom. The van der Waals surface area contributed by atoms with Crippen molar-refractivity contribution in [2.24, 2.45) is 0 Å². The minimum atomic E-state index is -4.17. The fraction of sp³-hybridized carbons (Fsp3) is 0.333. The number of nitrogens with zero attached hydrogens (tertiary/aromatic N) is 2. The van der Waals surface area contributed by atoms with E-state index in [9.17, 15) is 18.0 Å². The van der Waals surface area contributed by atoms with Gasteiger partial charge in [-0.25, -0.2) is 8.42 Å². The molecule has 0 aliphatic rings. The van der Waals surface area contributed by atoms with Crippen LogP contribution >= 0.6 is 23.2 Å². The van der Waals surface area contributed by atoms with Crippen molar-refractivity contribution in [3.8, 4) is 5.75 Å². The average Bonchev–Trinajstić information content (AvgIpc) is 2.93. The molecule has 0 radical (unpaired) electrons. The number of carbonyl (C=O) groups excluding carboxylic acids is 2. The Kier molecular flexibility index (Phi) is 11.5. The molecule has 3 rings (SSSR count). The maximum atomic E-state index is 14.1. The lowest BCUT2D eigenvalue weighted by molar-refractivity contribution is -0.140. The molecule has 0 saturated carbocycles. The Morgan fingerprint density at radius 1 is 0.951 bits per heavy atom. The molecule has 2 amide bonds. The fourth-order valence-corrected chi connectivity index (χ4v) is 6.16. The van der Waals surface area contributed by atoms with Crippen LogP contribution in [0, 0.1) is 0 Å². The van der Waals surface area contributed by atoms with Crippen molar-refractivity contribution in [3.05, 3.63) is 88.4 Å². The molecule has 0 aliphatic carbocycles. The third kappa shape index (κ3) is 8.38. The third-order valence-corrected chi connectivity index (χ3v) is 8.59. The number of anilines is 1. The summed E-state index contributed by atoms with van der Waals surface area (Å²) in [6.45, 7) is 7.16. The van der Waals surface area contributed by atoms with Crippen molar-refractivity contribution < 1.29 is 22.7 Å². The Balaban J connectivity index is 2.07. The molecule has 1 atom stereocenters. The number of rotatable bonds is 13. The smallest absolute Gasteiger partial charge is 0.264 e. The summed E-state index contributed by atoms with van der Waals surface area (Å²) in [5.74, 6) is -0.357. The van der Waals surface area contributed by atoms with Crippen LogP contribution in [0.3, 0.4) is 0 Å². The summed E-state index contributed by atoms with van der Waals surface area (Å²) >= 11 is 12.5. The quantitative estimate of drug-likeness (QED) is 0.256. The number of halogens is 2. The molecule has 0 heterocycles. The number of benzene rings is 3. The first kappa shape index (κ1) is 32.2. The van der Waals surface area contributed by atoms with Crippen LogP contribution in [-0.2, 0) is 26.2 Å². The van der Waals surface area contributed by atoms with E-state index in [4.69, 9.17) is 27.9 Å². The molecule has 3 aromatic rings. The Labute approximate surface area is 252 Å². The summed E-state index contributed by atoms with van der Waals surface area (Å²) in [7, 11) is -4.17. The summed E-state index contributed by atoms with van der Waals surface area (Å²) in [5, 5.41) is 3.62. The predicted molar refractivity (Wildman–Crippen MR) is 163 cm³/mol. The lowest BCUT2D eigenvalue weighted by Crippen LogP contribution is -2.53. The predicted octanol–water partition coefficient (Wildman–Crippen LogP) is 5.92. The van der Waals surface area contributed by atoms with Gasteiger partial charge in [-0.15, -0.1) is 0 Å². The highest BCUT2D eigenvalue weighted by atomic mass is 35.5. The molecule has 0 saturated heterocycles. The van der Waals surface area contributed by atoms with Crippen molar-refractivity contribution in [1.29, 1.82) is 0 Å². The summed E-state index contributed by atoms with van der Waals surface area (Å²) in [6, 6.07) is 18.2. The van der Waals surface area contributed by atoms with Crippen LogP contribution < -0.4 is 14.4 Å². The van der Waals surface area contributed by atoms with Gasteiger partial charge in [0.2, 0.25) is 11.8 Å². The minimum absolute atomic E-state index is 0.0264. The number of ether oxygens (including phenoxy) is 1. The zero-order valence-electron chi connectivity index (χ0n) is 23.5. The van der Waals surface area contributed by atoms with Gasteiger partial charge in [0.25, 0.3) is 10.0 Å². The second-order valence-electron chi connectivity index (χ2n) is 9.60. The number of hydrogen-bond donors (Lipinski definition) is 1. The monoisotopic (exact) mass is 619 g/mol. The second kappa shape index (κ2) is 14.6. The van der Waals surface area contributed by atoms with Gasteiger partial charge in [0.05, 0.1) is 17.2 Å². The van der Waals surface area contributed by atoms with Crippen molar-refractivity contribution in [3.63, 3.8) is 0 Å². The number of nitrogens with one attached hydrogen (secondary N) is 1. The van der Waals surface area contributed by atoms with Gasteiger partial charge in [-0.1, -0.05) is 54.4 Å². The summed E-state index contributed by atoms with van der Waals surface area (Å²) in [6.07, 6.45) is 0.296. The van der Waals surface area contributed by atoms with Crippen LogP contribution in [0.1, 0.15) is 39.7 Å². The molecule has 0 aliphatic heterocycles. The van der Waals surface area contributed by atoms with Gasteiger partial charge in [-0.05, 0) is 81.3 Å². The highest BCUT2D eigenvalue weighted by molar-refractivity contribution is 7.92. The zero-order valence-corrected chi connectivity index (χ0v) is 25.8. The van der Waals surface area contributed by atoms with Gasteiger partial charge in [-0.2, -0.15) is 0 Å². The first-order chi connectivity index (χ1) is 19.5. The normalized spacial score (nSPS) is 12.1. The molecule has 8 nitrogen and oxygen atoms in total. The second-order valence-corrected chi connectivity index (χ2v) is 12.3. The third-order valence-electron chi connectivity index (χ3n) is 6.22. The van der Waals surface area contributed by atoms with E-state index in [2.05, 4.69) is 5.32 Å². The van der Waals surface area contributed by atoms with Crippen molar-refractivity contribution in [2.45, 2.75) is 57.6 Å². The maximum absolute atomic E-state index is 14.1. The highest BCUT2D eigenvalue weighted by Crippen LogP contribution is 2.28. The van der Waals surface area contributed by atoms with Crippen LogP contribution in [-0.4, -0.2) is 50.4 Å². The number of carbonyl (C=O) groups is 2. The molecule has 0 aromatic heterocycles. The van der Waals surface area contributed by atoms with Crippen molar-refractivity contribution >= 4 is 50.7 Å². The van der Waals surface area contributed by atoms with Gasteiger partial charge in [0.1, 0.15) is 18.3 Å². The fourth-order valence-electron chi connectivity index (χ4n) is 4.26. The maximum Gasteiger partial charge on any atom is 0.264 e. The molecular weight excluding hydrogens is 585 g/mol. The molecule has 0 fully saturated rings. The number of amides is 2. The van der Waals surface area contributed by atoms with E-state index in [0.29, 0.717) is 34.4 Å². The molecule has 3 aromatic carbocycles. The summed E-state index contributed by atoms with van der Waals surface area (Å²) in [5.41, 5.74) is 0.841. The van der Waals surface area contributed by atoms with E-state index in [-0.39, 0.29) is 29.1 Å². The summed E-state index contributed by atoms with van der Waals surface area (Å²) in [4.78, 5) is 28.7. The SMILES string of the molecule is CCOc1ccc(N(CC(=O)N(Cc2ccc(Cl)cc2Cl)[C@H](CC)C(=O)NC(C)C)S(=O)(=O)c2ccccc2)cc1. The van der Waals surface area contributed by atoms with Gasteiger partial charge in [-0.3, -0.25) is 13.9 Å². The van der Waals surface area contributed by atoms with Gasteiger partial charge < -0.3 is 15.0 Å². The van der Waals surface area contributed by atoms with Crippen LogP contribution in [0.4, 0.5) is 5.69 Å². The molecule has 1 N–H and O–H groups in total. The Morgan fingerprint density at radius 2 is 1.61 bits per heavy atom. The van der Waals surface area contributed by atoms with Gasteiger partial charge in [0.15, 0.2) is 0 Å². The van der Waals surface area contributed by atoms with E-state index in [1.807, 2.05) is 20.8 Å². The summed E-state index contributed by atoms with van der Waals surface area (Å²) < 4.78 is 34.3.